The molecule has 1 atom stereocenters. The molecule has 0 bridgehead atoms. The molecule has 2 aromatic heterocycles. The molecule has 6 heteroatoms. The second-order valence-corrected chi connectivity index (χ2v) is 7.90. The zero-order valence-electron chi connectivity index (χ0n) is 14.9. The minimum absolute atomic E-state index is 0.116. The summed E-state index contributed by atoms with van der Waals surface area (Å²) in [5.41, 5.74) is 1.72. The number of carbonyl (C=O) groups excluding carboxylic acids is 1. The predicted octanol–water partition coefficient (Wildman–Crippen LogP) is 3.56. The SMILES string of the molecule is CCCC1C=CCN1Cc1c(C(=O)N2CCCCC2)nc2sccn12. The molecule has 2 aromatic rings. The van der Waals surface area contributed by atoms with Crippen LogP contribution < -0.4 is 0 Å². The fourth-order valence-corrected chi connectivity index (χ4v) is 4.69. The molecular weight excluding hydrogens is 332 g/mol. The topological polar surface area (TPSA) is 40.9 Å². The number of thiazole rings is 1. The fraction of sp³-hybridized carbons (Fsp3) is 0.579. The average Bonchev–Trinajstić information content (AvgIpc) is 3.34. The Bertz CT molecular complexity index is 772. The lowest BCUT2D eigenvalue weighted by atomic mass is 10.1. The summed E-state index contributed by atoms with van der Waals surface area (Å²) in [6.07, 6.45) is 12.4. The van der Waals surface area contributed by atoms with Gasteiger partial charge in [-0.3, -0.25) is 14.1 Å². The molecule has 0 aliphatic carbocycles. The molecule has 1 fully saturated rings. The number of imidazole rings is 1. The van der Waals surface area contributed by atoms with Crippen molar-refractivity contribution < 1.29 is 4.79 Å². The molecule has 0 saturated carbocycles. The van der Waals surface area contributed by atoms with E-state index in [0.717, 1.165) is 56.1 Å². The maximum atomic E-state index is 13.1. The van der Waals surface area contributed by atoms with Gasteiger partial charge in [-0.25, -0.2) is 4.98 Å². The highest BCUT2D eigenvalue weighted by Crippen LogP contribution is 2.25. The monoisotopic (exact) mass is 358 g/mol. The van der Waals surface area contributed by atoms with E-state index in [1.54, 1.807) is 11.3 Å². The summed E-state index contributed by atoms with van der Waals surface area (Å²) in [6.45, 7) is 5.70. The summed E-state index contributed by atoms with van der Waals surface area (Å²) in [7, 11) is 0. The molecule has 0 aromatic carbocycles. The molecule has 0 spiro atoms. The number of fused-ring (bicyclic) bond motifs is 1. The van der Waals surface area contributed by atoms with Crippen molar-refractivity contribution in [2.45, 2.75) is 51.6 Å². The summed E-state index contributed by atoms with van der Waals surface area (Å²) in [5, 5.41) is 2.05. The smallest absolute Gasteiger partial charge is 0.274 e. The normalized spacial score (nSPS) is 21.5. The van der Waals surface area contributed by atoms with Crippen LogP contribution in [0.2, 0.25) is 0 Å². The number of hydrogen-bond acceptors (Lipinski definition) is 4. The van der Waals surface area contributed by atoms with Gasteiger partial charge in [-0.2, -0.15) is 0 Å². The number of hydrogen-bond donors (Lipinski definition) is 0. The molecule has 134 valence electrons. The highest BCUT2D eigenvalue weighted by molar-refractivity contribution is 7.15. The third-order valence-electron chi connectivity index (χ3n) is 5.31. The lowest BCUT2D eigenvalue weighted by molar-refractivity contribution is 0.0716. The van der Waals surface area contributed by atoms with E-state index in [-0.39, 0.29) is 5.91 Å². The molecule has 0 radical (unpaired) electrons. The zero-order chi connectivity index (χ0) is 17.2. The molecular formula is C19H26N4OS. The molecule has 25 heavy (non-hydrogen) atoms. The minimum atomic E-state index is 0.116. The van der Waals surface area contributed by atoms with Crippen molar-refractivity contribution in [3.05, 3.63) is 35.1 Å². The Labute approximate surface area is 152 Å². The van der Waals surface area contributed by atoms with E-state index >= 15 is 0 Å². The number of nitrogens with zero attached hydrogens (tertiary/aromatic N) is 4. The molecule has 0 N–H and O–H groups in total. The van der Waals surface area contributed by atoms with Crippen LogP contribution in [-0.2, 0) is 6.54 Å². The highest BCUT2D eigenvalue weighted by Gasteiger charge is 2.28. The molecule has 5 nitrogen and oxygen atoms in total. The molecule has 1 amide bonds. The zero-order valence-corrected chi connectivity index (χ0v) is 15.7. The number of amides is 1. The minimum Gasteiger partial charge on any atom is -0.337 e. The van der Waals surface area contributed by atoms with Crippen molar-refractivity contribution in [1.29, 1.82) is 0 Å². The van der Waals surface area contributed by atoms with Gasteiger partial charge >= 0.3 is 0 Å². The van der Waals surface area contributed by atoms with E-state index in [9.17, 15) is 4.79 Å². The Morgan fingerprint density at radius 1 is 1.32 bits per heavy atom. The quantitative estimate of drug-likeness (QED) is 0.768. The second kappa shape index (κ2) is 7.30. The molecule has 1 saturated heterocycles. The average molecular weight is 359 g/mol. The van der Waals surface area contributed by atoms with Gasteiger partial charge in [0.05, 0.1) is 5.69 Å². The summed E-state index contributed by atoms with van der Waals surface area (Å²) in [4.78, 5) is 23.2. The van der Waals surface area contributed by atoms with Crippen LogP contribution in [0.1, 0.15) is 55.2 Å². The lowest BCUT2D eigenvalue weighted by Gasteiger charge is -2.27. The van der Waals surface area contributed by atoms with E-state index in [0.29, 0.717) is 11.7 Å². The van der Waals surface area contributed by atoms with Crippen molar-refractivity contribution in [3.8, 4) is 0 Å². The number of carbonyl (C=O) groups is 1. The van der Waals surface area contributed by atoms with Crippen LogP contribution in [0.25, 0.3) is 4.96 Å². The van der Waals surface area contributed by atoms with Crippen LogP contribution in [0, 0.1) is 0 Å². The number of aromatic nitrogens is 2. The third kappa shape index (κ3) is 3.25. The Balaban J connectivity index is 1.62. The maximum Gasteiger partial charge on any atom is 0.274 e. The van der Waals surface area contributed by atoms with Crippen molar-refractivity contribution in [1.82, 2.24) is 19.2 Å². The molecule has 2 aliphatic rings. The van der Waals surface area contributed by atoms with E-state index in [1.807, 2.05) is 16.5 Å². The van der Waals surface area contributed by atoms with Crippen molar-refractivity contribution in [2.24, 2.45) is 0 Å². The largest absolute Gasteiger partial charge is 0.337 e. The Morgan fingerprint density at radius 3 is 2.96 bits per heavy atom. The van der Waals surface area contributed by atoms with Gasteiger partial charge in [0.2, 0.25) is 0 Å². The summed E-state index contributed by atoms with van der Waals surface area (Å²) in [6, 6.07) is 0.479. The van der Waals surface area contributed by atoms with E-state index < -0.39 is 0 Å². The van der Waals surface area contributed by atoms with Crippen molar-refractivity contribution >= 4 is 22.2 Å². The standard InChI is InChI=1S/C19H26N4OS/c1-2-7-15-8-6-11-22(15)14-16-17(20-19-23(16)12-13-25-19)18(24)21-9-4-3-5-10-21/h6,8,12-13,15H,2-5,7,9-11,14H2,1H3. The van der Waals surface area contributed by atoms with Crippen LogP contribution in [-0.4, -0.2) is 50.8 Å². The summed E-state index contributed by atoms with van der Waals surface area (Å²) in [5.74, 6) is 0.116. The van der Waals surface area contributed by atoms with Crippen molar-refractivity contribution in [3.63, 3.8) is 0 Å². The molecule has 4 rings (SSSR count). The van der Waals surface area contributed by atoms with Gasteiger partial charge in [0.1, 0.15) is 0 Å². The maximum absolute atomic E-state index is 13.1. The van der Waals surface area contributed by atoms with Gasteiger partial charge in [-0.1, -0.05) is 25.5 Å². The van der Waals surface area contributed by atoms with Gasteiger partial charge in [0.25, 0.3) is 5.91 Å². The second-order valence-electron chi connectivity index (χ2n) is 7.03. The first-order chi connectivity index (χ1) is 12.3. The first kappa shape index (κ1) is 16.8. The van der Waals surface area contributed by atoms with Gasteiger partial charge < -0.3 is 4.90 Å². The highest BCUT2D eigenvalue weighted by atomic mass is 32.1. The predicted molar refractivity (Wildman–Crippen MR) is 101 cm³/mol. The van der Waals surface area contributed by atoms with Gasteiger partial charge in [0.15, 0.2) is 10.7 Å². The molecule has 4 heterocycles. The number of rotatable bonds is 5. The van der Waals surface area contributed by atoms with Gasteiger partial charge in [-0.05, 0) is 25.7 Å². The van der Waals surface area contributed by atoms with E-state index in [4.69, 9.17) is 4.98 Å². The first-order valence-corrected chi connectivity index (χ1v) is 10.3. The Morgan fingerprint density at radius 2 is 2.16 bits per heavy atom. The van der Waals surface area contributed by atoms with Crippen LogP contribution in [0.15, 0.2) is 23.7 Å². The summed E-state index contributed by atoms with van der Waals surface area (Å²) >= 11 is 1.60. The van der Waals surface area contributed by atoms with Crippen LogP contribution >= 0.6 is 11.3 Å². The molecule has 2 aliphatic heterocycles. The lowest BCUT2D eigenvalue weighted by Crippen LogP contribution is -2.37. The van der Waals surface area contributed by atoms with Gasteiger partial charge in [0, 0.05) is 43.8 Å². The Kier molecular flexibility index (Phi) is 4.90. The number of piperidine rings is 1. The van der Waals surface area contributed by atoms with E-state index in [2.05, 4.69) is 28.4 Å². The fourth-order valence-electron chi connectivity index (χ4n) is 3.96. The first-order valence-electron chi connectivity index (χ1n) is 9.42. The van der Waals surface area contributed by atoms with Crippen LogP contribution in [0.3, 0.4) is 0 Å². The third-order valence-corrected chi connectivity index (χ3v) is 6.07. The van der Waals surface area contributed by atoms with Crippen LogP contribution in [0.5, 0.6) is 0 Å². The van der Waals surface area contributed by atoms with Gasteiger partial charge in [-0.15, -0.1) is 11.3 Å². The van der Waals surface area contributed by atoms with Crippen molar-refractivity contribution in [2.75, 3.05) is 19.6 Å². The number of likely N-dealkylation sites (tertiary alicyclic amines) is 1. The van der Waals surface area contributed by atoms with E-state index in [1.165, 1.54) is 12.8 Å². The summed E-state index contributed by atoms with van der Waals surface area (Å²) < 4.78 is 2.11. The molecule has 1 unspecified atom stereocenters. The van der Waals surface area contributed by atoms with Crippen LogP contribution in [0.4, 0.5) is 0 Å². The Hall–Kier alpha value is -1.66.